The first-order valence-electron chi connectivity index (χ1n) is 7.75. The number of amides is 2. The summed E-state index contributed by atoms with van der Waals surface area (Å²) in [7, 11) is 0. The Labute approximate surface area is 136 Å². The second-order valence-corrected chi connectivity index (χ2v) is 5.53. The van der Waals surface area contributed by atoms with Gasteiger partial charge in [0.25, 0.3) is 0 Å². The van der Waals surface area contributed by atoms with Gasteiger partial charge in [0.15, 0.2) is 0 Å². The third kappa shape index (κ3) is 4.42. The highest BCUT2D eigenvalue weighted by molar-refractivity contribution is 6.08. The Morgan fingerprint density at radius 3 is 2.17 bits per heavy atom. The zero-order valence-electron chi connectivity index (χ0n) is 13.8. The van der Waals surface area contributed by atoms with Crippen LogP contribution < -0.4 is 10.6 Å². The van der Waals surface area contributed by atoms with E-state index in [0.717, 1.165) is 34.5 Å². The average Bonchev–Trinajstić information content (AvgIpc) is 2.52. The van der Waals surface area contributed by atoms with E-state index in [2.05, 4.69) is 10.6 Å². The van der Waals surface area contributed by atoms with Gasteiger partial charge in [0.2, 0.25) is 11.8 Å². The monoisotopic (exact) mass is 310 g/mol. The maximum Gasteiger partial charge on any atom is 0.233 e. The Kier molecular flexibility index (Phi) is 5.52. The second-order valence-electron chi connectivity index (χ2n) is 5.53. The zero-order chi connectivity index (χ0) is 16.8. The van der Waals surface area contributed by atoms with E-state index in [0.29, 0.717) is 0 Å². The predicted octanol–water partition coefficient (Wildman–Crippen LogP) is 3.83. The number of hydrogen-bond acceptors (Lipinski definition) is 2. The Hall–Kier alpha value is -2.62. The van der Waals surface area contributed by atoms with Crippen LogP contribution in [0.15, 0.2) is 42.5 Å². The van der Waals surface area contributed by atoms with E-state index >= 15 is 0 Å². The van der Waals surface area contributed by atoms with Gasteiger partial charge in [-0.05, 0) is 49.1 Å². The number of carbonyl (C=O) groups is 2. The Bertz CT molecular complexity index is 723. The topological polar surface area (TPSA) is 58.2 Å². The summed E-state index contributed by atoms with van der Waals surface area (Å²) in [5.74, 6) is -0.626. The first-order valence-corrected chi connectivity index (χ1v) is 7.75. The summed E-state index contributed by atoms with van der Waals surface area (Å²) in [6.07, 6.45) is 0.622. The van der Waals surface area contributed by atoms with Gasteiger partial charge < -0.3 is 10.6 Å². The van der Waals surface area contributed by atoms with Crippen molar-refractivity contribution in [2.75, 3.05) is 10.6 Å². The van der Waals surface area contributed by atoms with Gasteiger partial charge in [-0.3, -0.25) is 9.59 Å². The first kappa shape index (κ1) is 16.7. The average molecular weight is 310 g/mol. The fourth-order valence-electron chi connectivity index (χ4n) is 2.37. The van der Waals surface area contributed by atoms with E-state index < -0.39 is 0 Å². The molecule has 0 unspecified atom stereocenters. The fraction of sp³-hybridized carbons (Fsp3) is 0.263. The molecular weight excluding hydrogens is 288 g/mol. The lowest BCUT2D eigenvalue weighted by atomic mass is 10.1. The van der Waals surface area contributed by atoms with Crippen LogP contribution in [0.5, 0.6) is 0 Å². The minimum Gasteiger partial charge on any atom is -0.325 e. The molecule has 2 aromatic carbocycles. The van der Waals surface area contributed by atoms with Crippen molar-refractivity contribution in [3.8, 4) is 0 Å². The molecule has 2 amide bonds. The summed E-state index contributed by atoms with van der Waals surface area (Å²) in [5, 5.41) is 5.60. The van der Waals surface area contributed by atoms with Crippen molar-refractivity contribution in [3.63, 3.8) is 0 Å². The summed E-state index contributed by atoms with van der Waals surface area (Å²) < 4.78 is 0. The Balaban J connectivity index is 1.97. The lowest BCUT2D eigenvalue weighted by Crippen LogP contribution is -2.22. The van der Waals surface area contributed by atoms with Crippen LogP contribution in [0, 0.1) is 13.8 Å². The molecule has 2 aromatic rings. The smallest absolute Gasteiger partial charge is 0.233 e. The second kappa shape index (κ2) is 7.58. The lowest BCUT2D eigenvalue weighted by Gasteiger charge is -2.11. The van der Waals surface area contributed by atoms with Crippen molar-refractivity contribution < 1.29 is 9.59 Å². The molecule has 0 aliphatic rings. The lowest BCUT2D eigenvalue weighted by molar-refractivity contribution is -0.123. The molecule has 0 aliphatic carbocycles. The highest BCUT2D eigenvalue weighted by Gasteiger charge is 2.12. The van der Waals surface area contributed by atoms with Gasteiger partial charge in [0.1, 0.15) is 6.42 Å². The number of aryl methyl sites for hydroxylation is 2. The van der Waals surface area contributed by atoms with Gasteiger partial charge in [0, 0.05) is 11.4 Å². The fourth-order valence-corrected chi connectivity index (χ4v) is 2.37. The minimum absolute atomic E-state index is 0.203. The van der Waals surface area contributed by atoms with Crippen LogP contribution in [0.3, 0.4) is 0 Å². The molecule has 0 heterocycles. The number of anilines is 2. The normalized spacial score (nSPS) is 10.2. The molecule has 2 N–H and O–H groups in total. The summed E-state index contributed by atoms with van der Waals surface area (Å²) in [4.78, 5) is 24.1. The van der Waals surface area contributed by atoms with Crippen LogP contribution in [0.1, 0.15) is 30.0 Å². The van der Waals surface area contributed by atoms with E-state index in [1.165, 1.54) is 0 Å². The third-order valence-electron chi connectivity index (χ3n) is 3.87. The van der Waals surface area contributed by atoms with Crippen molar-refractivity contribution in [1.29, 1.82) is 0 Å². The quantitative estimate of drug-likeness (QED) is 0.825. The summed E-state index contributed by atoms with van der Waals surface area (Å²) in [6, 6.07) is 13.3. The van der Waals surface area contributed by atoms with Gasteiger partial charge in [0.05, 0.1) is 0 Å². The SMILES string of the molecule is CCc1ccccc1NC(=O)CC(=O)Nc1cccc(C)c1C. The van der Waals surface area contributed by atoms with Crippen molar-refractivity contribution in [2.45, 2.75) is 33.6 Å². The molecule has 0 bridgehead atoms. The molecule has 0 aromatic heterocycles. The molecule has 0 saturated carbocycles. The third-order valence-corrected chi connectivity index (χ3v) is 3.87. The van der Waals surface area contributed by atoms with Crippen molar-refractivity contribution in [2.24, 2.45) is 0 Å². The van der Waals surface area contributed by atoms with Gasteiger partial charge in [-0.15, -0.1) is 0 Å². The predicted molar refractivity (Wildman–Crippen MR) is 93.6 cm³/mol. The molecule has 4 heteroatoms. The van der Waals surface area contributed by atoms with Gasteiger partial charge >= 0.3 is 0 Å². The van der Waals surface area contributed by atoms with Crippen LogP contribution in [0.4, 0.5) is 11.4 Å². The highest BCUT2D eigenvalue weighted by atomic mass is 16.2. The molecule has 120 valence electrons. The maximum absolute atomic E-state index is 12.1. The molecule has 23 heavy (non-hydrogen) atoms. The Morgan fingerprint density at radius 1 is 0.870 bits per heavy atom. The number of nitrogens with one attached hydrogen (secondary N) is 2. The standard InChI is InChI=1S/C19H22N2O2/c1-4-15-9-5-6-10-17(15)21-19(23)12-18(22)20-16-11-7-8-13(2)14(16)3/h5-11H,4,12H2,1-3H3,(H,20,22)(H,21,23). The van der Waals surface area contributed by atoms with E-state index in [1.54, 1.807) is 0 Å². The molecule has 4 nitrogen and oxygen atoms in total. The van der Waals surface area contributed by atoms with Gasteiger partial charge in [-0.25, -0.2) is 0 Å². The van der Waals surface area contributed by atoms with E-state index in [-0.39, 0.29) is 18.2 Å². The molecule has 2 rings (SSSR count). The number of rotatable bonds is 5. The van der Waals surface area contributed by atoms with E-state index in [1.807, 2.05) is 63.2 Å². The van der Waals surface area contributed by atoms with Crippen molar-refractivity contribution >= 4 is 23.2 Å². The summed E-state index contributed by atoms with van der Waals surface area (Å²) >= 11 is 0. The summed E-state index contributed by atoms with van der Waals surface area (Å²) in [6.45, 7) is 5.96. The first-order chi connectivity index (χ1) is 11.0. The van der Waals surface area contributed by atoms with Crippen molar-refractivity contribution in [1.82, 2.24) is 0 Å². The zero-order valence-corrected chi connectivity index (χ0v) is 13.8. The summed E-state index contributed by atoms with van der Waals surface area (Å²) in [5.41, 5.74) is 4.67. The molecule has 0 radical (unpaired) electrons. The van der Waals surface area contributed by atoms with Crippen LogP contribution in [-0.2, 0) is 16.0 Å². The number of para-hydroxylation sites is 1. The molecule has 0 atom stereocenters. The highest BCUT2D eigenvalue weighted by Crippen LogP contribution is 2.19. The van der Waals surface area contributed by atoms with Gasteiger partial charge in [-0.2, -0.15) is 0 Å². The molecule has 0 saturated heterocycles. The molecular formula is C19H22N2O2. The largest absolute Gasteiger partial charge is 0.325 e. The van der Waals surface area contributed by atoms with E-state index in [9.17, 15) is 9.59 Å². The van der Waals surface area contributed by atoms with Crippen LogP contribution >= 0.6 is 0 Å². The maximum atomic E-state index is 12.1. The van der Waals surface area contributed by atoms with E-state index in [4.69, 9.17) is 0 Å². The molecule has 0 aliphatic heterocycles. The van der Waals surface area contributed by atoms with Gasteiger partial charge in [-0.1, -0.05) is 37.3 Å². The Morgan fingerprint density at radius 2 is 1.48 bits per heavy atom. The molecule has 0 fully saturated rings. The number of benzene rings is 2. The van der Waals surface area contributed by atoms with Crippen LogP contribution in [0.25, 0.3) is 0 Å². The number of carbonyl (C=O) groups excluding carboxylic acids is 2. The molecule has 0 spiro atoms. The van der Waals surface area contributed by atoms with Crippen molar-refractivity contribution in [3.05, 3.63) is 59.2 Å². The number of hydrogen-bond donors (Lipinski definition) is 2. The minimum atomic E-state index is -0.315. The van der Waals surface area contributed by atoms with Crippen LogP contribution in [0.2, 0.25) is 0 Å². The van der Waals surface area contributed by atoms with Crippen LogP contribution in [-0.4, -0.2) is 11.8 Å².